The van der Waals surface area contributed by atoms with E-state index in [1.807, 2.05) is 0 Å². The molecular formula is C13H20N2O2. The molecule has 1 rings (SSSR count). The molecule has 0 amide bonds. The quantitative estimate of drug-likeness (QED) is 0.843. The number of carboxylic acid groups (broad SMARTS) is 1. The molecule has 0 fully saturated rings. The molecule has 0 saturated carbocycles. The largest absolute Gasteiger partial charge is 0.478 e. The molecule has 1 heterocycles. The van der Waals surface area contributed by atoms with E-state index in [-0.39, 0.29) is 11.0 Å². The highest BCUT2D eigenvalue weighted by molar-refractivity contribution is 5.88. The molecule has 0 unspecified atom stereocenters. The average Bonchev–Trinajstić information content (AvgIpc) is 2.14. The summed E-state index contributed by atoms with van der Waals surface area (Å²) in [4.78, 5) is 15.1. The van der Waals surface area contributed by atoms with E-state index in [1.165, 1.54) is 0 Å². The number of aromatic nitrogens is 1. The Balaban J connectivity index is 2.68. The van der Waals surface area contributed by atoms with Crippen molar-refractivity contribution in [3.63, 3.8) is 0 Å². The molecule has 0 aliphatic heterocycles. The highest BCUT2D eigenvalue weighted by Crippen LogP contribution is 2.18. The number of anilines is 1. The van der Waals surface area contributed by atoms with Crippen molar-refractivity contribution in [2.45, 2.75) is 34.1 Å². The third kappa shape index (κ3) is 4.85. The molecule has 0 aromatic carbocycles. The second kappa shape index (κ2) is 5.17. The number of carbonyl (C=O) groups is 1. The van der Waals surface area contributed by atoms with Gasteiger partial charge in [-0.05, 0) is 30.9 Å². The smallest absolute Gasteiger partial charge is 0.335 e. The fourth-order valence-corrected chi connectivity index (χ4v) is 1.45. The molecule has 0 bridgehead atoms. The summed E-state index contributed by atoms with van der Waals surface area (Å²) in [6, 6.07) is 3.13. The minimum absolute atomic E-state index is 0.256. The van der Waals surface area contributed by atoms with E-state index < -0.39 is 5.97 Å². The van der Waals surface area contributed by atoms with Gasteiger partial charge in [0, 0.05) is 12.2 Å². The Labute approximate surface area is 102 Å². The van der Waals surface area contributed by atoms with Crippen molar-refractivity contribution in [3.8, 4) is 0 Å². The maximum atomic E-state index is 10.9. The van der Waals surface area contributed by atoms with Gasteiger partial charge in [0.25, 0.3) is 0 Å². The second-order valence-electron chi connectivity index (χ2n) is 5.43. The number of rotatable bonds is 4. The maximum absolute atomic E-state index is 10.9. The van der Waals surface area contributed by atoms with Crippen LogP contribution in [-0.4, -0.2) is 22.6 Å². The standard InChI is InChI=1S/C13H20N2O2/c1-9-7-10(12(16)17)8-11(15-9)14-6-5-13(2,3)4/h7-8H,5-6H2,1-4H3,(H,14,15)(H,16,17). The average molecular weight is 236 g/mol. The van der Waals surface area contributed by atoms with E-state index in [0.717, 1.165) is 13.0 Å². The number of hydrogen-bond donors (Lipinski definition) is 2. The van der Waals surface area contributed by atoms with Crippen molar-refractivity contribution < 1.29 is 9.90 Å². The summed E-state index contributed by atoms with van der Waals surface area (Å²) >= 11 is 0. The first-order valence-corrected chi connectivity index (χ1v) is 5.74. The molecule has 0 spiro atoms. The lowest BCUT2D eigenvalue weighted by Crippen LogP contribution is -2.14. The number of aryl methyl sites for hydroxylation is 1. The molecule has 4 heteroatoms. The number of hydrogen-bond acceptors (Lipinski definition) is 3. The Bertz CT molecular complexity index is 408. The van der Waals surface area contributed by atoms with Gasteiger partial charge in [-0.3, -0.25) is 0 Å². The van der Waals surface area contributed by atoms with Gasteiger partial charge in [-0.25, -0.2) is 9.78 Å². The Morgan fingerprint density at radius 1 is 1.41 bits per heavy atom. The zero-order valence-electron chi connectivity index (χ0n) is 10.9. The third-order valence-corrected chi connectivity index (χ3v) is 2.38. The SMILES string of the molecule is Cc1cc(C(=O)O)cc(NCCC(C)(C)C)n1. The summed E-state index contributed by atoms with van der Waals surface area (Å²) in [6.07, 6.45) is 1.00. The van der Waals surface area contributed by atoms with E-state index in [4.69, 9.17) is 5.11 Å². The third-order valence-electron chi connectivity index (χ3n) is 2.38. The van der Waals surface area contributed by atoms with Crippen molar-refractivity contribution in [3.05, 3.63) is 23.4 Å². The Morgan fingerprint density at radius 3 is 2.59 bits per heavy atom. The maximum Gasteiger partial charge on any atom is 0.335 e. The predicted octanol–water partition coefficient (Wildman–Crippen LogP) is 2.94. The van der Waals surface area contributed by atoms with Crippen LogP contribution in [0.2, 0.25) is 0 Å². The predicted molar refractivity (Wildman–Crippen MR) is 68.5 cm³/mol. The van der Waals surface area contributed by atoms with E-state index >= 15 is 0 Å². The van der Waals surface area contributed by atoms with E-state index in [0.29, 0.717) is 11.5 Å². The monoisotopic (exact) mass is 236 g/mol. The highest BCUT2D eigenvalue weighted by atomic mass is 16.4. The topological polar surface area (TPSA) is 62.2 Å². The van der Waals surface area contributed by atoms with Crippen molar-refractivity contribution in [2.75, 3.05) is 11.9 Å². The number of nitrogens with one attached hydrogen (secondary N) is 1. The molecule has 2 N–H and O–H groups in total. The van der Waals surface area contributed by atoms with Crippen molar-refractivity contribution in [1.82, 2.24) is 4.98 Å². The van der Waals surface area contributed by atoms with Crippen LogP contribution >= 0.6 is 0 Å². The molecule has 94 valence electrons. The first-order chi connectivity index (χ1) is 7.78. The summed E-state index contributed by atoms with van der Waals surface area (Å²) in [6.45, 7) is 9.09. The Kier molecular flexibility index (Phi) is 4.10. The van der Waals surface area contributed by atoms with Crippen LogP contribution in [0.25, 0.3) is 0 Å². The minimum Gasteiger partial charge on any atom is -0.478 e. The molecule has 0 radical (unpaired) electrons. The molecule has 17 heavy (non-hydrogen) atoms. The van der Waals surface area contributed by atoms with Gasteiger partial charge in [0.2, 0.25) is 0 Å². The number of nitrogens with zero attached hydrogens (tertiary/aromatic N) is 1. The molecule has 0 saturated heterocycles. The molecule has 4 nitrogen and oxygen atoms in total. The number of pyridine rings is 1. The Hall–Kier alpha value is -1.58. The first-order valence-electron chi connectivity index (χ1n) is 5.74. The fraction of sp³-hybridized carbons (Fsp3) is 0.538. The van der Waals surface area contributed by atoms with Crippen molar-refractivity contribution in [2.24, 2.45) is 5.41 Å². The number of carboxylic acids is 1. The van der Waals surface area contributed by atoms with Crippen LogP contribution in [0.1, 0.15) is 43.2 Å². The summed E-state index contributed by atoms with van der Waals surface area (Å²) in [5, 5.41) is 12.1. The fourth-order valence-electron chi connectivity index (χ4n) is 1.45. The van der Waals surface area contributed by atoms with E-state index in [9.17, 15) is 4.79 Å². The molecule has 0 aliphatic rings. The molecule has 1 aromatic heterocycles. The van der Waals surface area contributed by atoms with Crippen LogP contribution in [0.3, 0.4) is 0 Å². The zero-order chi connectivity index (χ0) is 13.1. The molecule has 1 aromatic rings. The number of aromatic carboxylic acids is 1. The van der Waals surface area contributed by atoms with Crippen molar-refractivity contribution in [1.29, 1.82) is 0 Å². The Morgan fingerprint density at radius 2 is 2.06 bits per heavy atom. The molecule has 0 aliphatic carbocycles. The molecular weight excluding hydrogens is 216 g/mol. The van der Waals surface area contributed by atoms with Crippen molar-refractivity contribution >= 4 is 11.8 Å². The lowest BCUT2D eigenvalue weighted by atomic mass is 9.92. The van der Waals surface area contributed by atoms with Gasteiger partial charge in [-0.1, -0.05) is 20.8 Å². The summed E-state index contributed by atoms with van der Waals surface area (Å²) in [5.74, 6) is -0.291. The van der Waals surface area contributed by atoms with Crippen LogP contribution in [0, 0.1) is 12.3 Å². The first kappa shape index (κ1) is 13.5. The van der Waals surface area contributed by atoms with Gasteiger partial charge >= 0.3 is 5.97 Å². The summed E-state index contributed by atoms with van der Waals surface area (Å²) < 4.78 is 0. The second-order valence-corrected chi connectivity index (χ2v) is 5.43. The van der Waals surface area contributed by atoms with Gasteiger partial charge in [0.05, 0.1) is 5.56 Å². The summed E-state index contributed by atoms with van der Waals surface area (Å²) in [5.41, 5.74) is 1.24. The van der Waals surface area contributed by atoms with Gasteiger partial charge in [0.15, 0.2) is 0 Å². The van der Waals surface area contributed by atoms with Crippen LogP contribution < -0.4 is 5.32 Å². The highest BCUT2D eigenvalue weighted by Gasteiger charge is 2.10. The molecule has 0 atom stereocenters. The van der Waals surface area contributed by atoms with Gasteiger partial charge < -0.3 is 10.4 Å². The van der Waals surface area contributed by atoms with E-state index in [1.54, 1.807) is 19.1 Å². The lowest BCUT2D eigenvalue weighted by molar-refractivity contribution is 0.0696. The summed E-state index contributed by atoms with van der Waals surface area (Å²) in [7, 11) is 0. The van der Waals surface area contributed by atoms with Crippen LogP contribution in [0.5, 0.6) is 0 Å². The minimum atomic E-state index is -0.922. The van der Waals surface area contributed by atoms with Crippen LogP contribution in [0.4, 0.5) is 5.82 Å². The van der Waals surface area contributed by atoms with Gasteiger partial charge in [0.1, 0.15) is 5.82 Å². The lowest BCUT2D eigenvalue weighted by Gasteiger charge is -2.18. The normalized spacial score (nSPS) is 11.3. The zero-order valence-corrected chi connectivity index (χ0v) is 10.9. The van der Waals surface area contributed by atoms with Gasteiger partial charge in [-0.15, -0.1) is 0 Å². The van der Waals surface area contributed by atoms with Gasteiger partial charge in [-0.2, -0.15) is 0 Å². The van der Waals surface area contributed by atoms with Crippen LogP contribution in [-0.2, 0) is 0 Å². The van der Waals surface area contributed by atoms with E-state index in [2.05, 4.69) is 31.1 Å². The van der Waals surface area contributed by atoms with Crippen LogP contribution in [0.15, 0.2) is 12.1 Å².